The minimum Gasteiger partial charge on any atom is -0.508 e. The van der Waals surface area contributed by atoms with Gasteiger partial charge in [-0.3, -0.25) is 14.4 Å². The number of benzene rings is 1. The minimum absolute atomic E-state index is 0.00454. The lowest BCUT2D eigenvalue weighted by atomic mass is 9.96. The molecule has 38 heavy (non-hydrogen) atoms. The predicted octanol–water partition coefficient (Wildman–Crippen LogP) is 0.238. The molecule has 2 heterocycles. The van der Waals surface area contributed by atoms with Crippen molar-refractivity contribution in [2.24, 2.45) is 5.92 Å². The molecule has 1 aliphatic heterocycles. The van der Waals surface area contributed by atoms with E-state index in [1.165, 1.54) is 18.5 Å². The average Bonchev–Trinajstić information content (AvgIpc) is 3.61. The van der Waals surface area contributed by atoms with Crippen molar-refractivity contribution >= 4 is 23.7 Å². The van der Waals surface area contributed by atoms with E-state index in [-0.39, 0.29) is 30.4 Å². The van der Waals surface area contributed by atoms with Crippen LogP contribution in [0.15, 0.2) is 36.8 Å². The van der Waals surface area contributed by atoms with Crippen LogP contribution < -0.4 is 21.3 Å². The summed E-state index contributed by atoms with van der Waals surface area (Å²) in [6.07, 6.45) is 5.23. The second-order valence-corrected chi connectivity index (χ2v) is 9.63. The number of aromatic amines is 1. The summed E-state index contributed by atoms with van der Waals surface area (Å²) < 4.78 is 0. The Labute approximate surface area is 221 Å². The summed E-state index contributed by atoms with van der Waals surface area (Å²) in [5.41, 5.74) is 1.25. The van der Waals surface area contributed by atoms with Crippen molar-refractivity contribution in [3.05, 3.63) is 48.0 Å². The van der Waals surface area contributed by atoms with Gasteiger partial charge in [0.1, 0.15) is 23.9 Å². The van der Waals surface area contributed by atoms with Crippen LogP contribution in [0.4, 0.5) is 0 Å². The predicted molar refractivity (Wildman–Crippen MR) is 138 cm³/mol. The number of H-pyrrole nitrogens is 1. The Balaban J connectivity index is 1.73. The summed E-state index contributed by atoms with van der Waals surface area (Å²) in [7, 11) is 0. The Kier molecular flexibility index (Phi) is 10.2. The van der Waals surface area contributed by atoms with Crippen LogP contribution in [0.1, 0.15) is 44.4 Å². The summed E-state index contributed by atoms with van der Waals surface area (Å²) in [6.45, 7) is 4.36. The number of phenolic OH excluding ortho intramolecular Hbond substituents is 1. The first-order valence-electron chi connectivity index (χ1n) is 12.8. The van der Waals surface area contributed by atoms with Crippen molar-refractivity contribution in [2.75, 3.05) is 6.54 Å². The third-order valence-electron chi connectivity index (χ3n) is 6.77. The molecule has 1 fully saturated rings. The molecule has 3 amide bonds. The molecule has 1 aromatic carbocycles. The maximum Gasteiger partial charge on any atom is 0.326 e. The number of aromatic nitrogens is 2. The van der Waals surface area contributed by atoms with E-state index >= 15 is 0 Å². The molecule has 2 aromatic rings. The fourth-order valence-electron chi connectivity index (χ4n) is 4.29. The van der Waals surface area contributed by atoms with E-state index in [0.717, 1.165) is 13.0 Å². The Morgan fingerprint density at radius 3 is 2.37 bits per heavy atom. The molecule has 1 aliphatic rings. The Morgan fingerprint density at radius 1 is 1.05 bits per heavy atom. The van der Waals surface area contributed by atoms with E-state index in [1.54, 1.807) is 25.3 Å². The van der Waals surface area contributed by atoms with Gasteiger partial charge in [-0.25, -0.2) is 9.78 Å². The van der Waals surface area contributed by atoms with Crippen molar-refractivity contribution in [1.82, 2.24) is 31.2 Å². The molecule has 7 N–H and O–H groups in total. The number of aliphatic carboxylic acids is 1. The van der Waals surface area contributed by atoms with Crippen LogP contribution in [0.2, 0.25) is 0 Å². The number of imidazole rings is 1. The van der Waals surface area contributed by atoms with Crippen molar-refractivity contribution in [3.63, 3.8) is 0 Å². The molecular formula is C26H36N6O6. The molecule has 12 nitrogen and oxygen atoms in total. The van der Waals surface area contributed by atoms with Gasteiger partial charge in [0.05, 0.1) is 12.4 Å². The van der Waals surface area contributed by atoms with E-state index in [9.17, 15) is 29.4 Å². The first kappa shape index (κ1) is 28.6. The zero-order valence-electron chi connectivity index (χ0n) is 21.6. The third-order valence-corrected chi connectivity index (χ3v) is 6.77. The summed E-state index contributed by atoms with van der Waals surface area (Å²) >= 11 is 0. The first-order chi connectivity index (χ1) is 18.2. The molecule has 0 saturated carbocycles. The molecule has 206 valence electrons. The van der Waals surface area contributed by atoms with Gasteiger partial charge in [-0.15, -0.1) is 0 Å². The zero-order chi connectivity index (χ0) is 27.7. The van der Waals surface area contributed by atoms with E-state index in [1.807, 2.05) is 6.92 Å². The second kappa shape index (κ2) is 13.6. The van der Waals surface area contributed by atoms with Crippen molar-refractivity contribution in [3.8, 4) is 5.75 Å². The van der Waals surface area contributed by atoms with Gasteiger partial charge in [0.2, 0.25) is 17.7 Å². The van der Waals surface area contributed by atoms with Crippen molar-refractivity contribution in [1.29, 1.82) is 0 Å². The highest BCUT2D eigenvalue weighted by atomic mass is 16.4. The zero-order valence-corrected chi connectivity index (χ0v) is 21.6. The number of aromatic hydroxyl groups is 1. The van der Waals surface area contributed by atoms with E-state index in [4.69, 9.17) is 0 Å². The molecule has 0 spiro atoms. The molecule has 0 aliphatic carbocycles. The maximum absolute atomic E-state index is 13.4. The standard InChI is InChI=1S/C26H36N6O6/c1-3-15(2)22(25(36)31-21(26(37)38)11-16-6-8-18(33)9-7-16)32-24(35)20(12-17-13-27-14-29-17)30-23(34)19-5-4-10-28-19/h6-9,13-15,19-22,28,33H,3-5,10-12H2,1-2H3,(H,27,29)(H,30,34)(H,31,36)(H,32,35)(H,37,38). The van der Waals surface area contributed by atoms with Crippen LogP contribution >= 0.6 is 0 Å². The fraction of sp³-hybridized carbons (Fsp3) is 0.500. The van der Waals surface area contributed by atoms with Crippen LogP contribution in [0.5, 0.6) is 5.75 Å². The van der Waals surface area contributed by atoms with Crippen LogP contribution in [-0.4, -0.2) is 74.6 Å². The highest BCUT2D eigenvalue weighted by Gasteiger charge is 2.33. The topological polar surface area (TPSA) is 186 Å². The number of carboxylic acid groups (broad SMARTS) is 1. The second-order valence-electron chi connectivity index (χ2n) is 9.63. The van der Waals surface area contributed by atoms with Crippen LogP contribution in [0, 0.1) is 5.92 Å². The Hall–Kier alpha value is -3.93. The monoisotopic (exact) mass is 528 g/mol. The molecule has 12 heteroatoms. The number of nitrogens with zero attached hydrogens (tertiary/aromatic N) is 1. The maximum atomic E-state index is 13.4. The molecule has 0 bridgehead atoms. The average molecular weight is 529 g/mol. The molecule has 3 rings (SSSR count). The van der Waals surface area contributed by atoms with E-state index in [0.29, 0.717) is 24.1 Å². The van der Waals surface area contributed by atoms with Crippen LogP contribution in [-0.2, 0) is 32.0 Å². The lowest BCUT2D eigenvalue weighted by Gasteiger charge is -2.28. The number of amides is 3. The highest BCUT2D eigenvalue weighted by molar-refractivity contribution is 5.94. The molecule has 5 unspecified atom stereocenters. The third kappa shape index (κ3) is 8.04. The number of rotatable bonds is 13. The summed E-state index contributed by atoms with van der Waals surface area (Å²) in [5, 5.41) is 30.4. The SMILES string of the molecule is CCC(C)C(NC(=O)C(Cc1cnc[nH]1)NC(=O)C1CCCN1)C(=O)NC(Cc1ccc(O)cc1)C(=O)O. The minimum atomic E-state index is -1.25. The Morgan fingerprint density at radius 2 is 1.79 bits per heavy atom. The van der Waals surface area contributed by atoms with Gasteiger partial charge in [0.15, 0.2) is 0 Å². The Bertz CT molecular complexity index is 1080. The van der Waals surface area contributed by atoms with Gasteiger partial charge < -0.3 is 36.5 Å². The molecule has 0 radical (unpaired) electrons. The number of hydrogen-bond donors (Lipinski definition) is 7. The molecule has 5 atom stereocenters. The number of carbonyl (C=O) groups excluding carboxylic acids is 3. The number of carboxylic acids is 1. The first-order valence-corrected chi connectivity index (χ1v) is 12.8. The number of carbonyl (C=O) groups is 4. The van der Waals surface area contributed by atoms with E-state index < -0.39 is 42.0 Å². The normalized spacial score (nSPS) is 18.1. The van der Waals surface area contributed by atoms with Gasteiger partial charge in [-0.05, 0) is 43.0 Å². The molecule has 1 saturated heterocycles. The quantitative estimate of drug-likeness (QED) is 0.193. The summed E-state index contributed by atoms with van der Waals surface area (Å²) in [5.74, 6) is -2.99. The van der Waals surface area contributed by atoms with Crippen LogP contribution in [0.25, 0.3) is 0 Å². The number of nitrogens with one attached hydrogen (secondary N) is 5. The van der Waals surface area contributed by atoms with Gasteiger partial charge in [0, 0.05) is 24.7 Å². The van der Waals surface area contributed by atoms with Crippen molar-refractivity contribution in [2.45, 2.75) is 70.1 Å². The van der Waals surface area contributed by atoms with Crippen LogP contribution in [0.3, 0.4) is 0 Å². The lowest BCUT2D eigenvalue weighted by molar-refractivity contribution is -0.142. The molecule has 1 aromatic heterocycles. The van der Waals surface area contributed by atoms with Gasteiger partial charge in [0.25, 0.3) is 0 Å². The van der Waals surface area contributed by atoms with E-state index in [2.05, 4.69) is 31.2 Å². The van der Waals surface area contributed by atoms with Gasteiger partial charge in [-0.2, -0.15) is 0 Å². The van der Waals surface area contributed by atoms with Crippen molar-refractivity contribution < 1.29 is 29.4 Å². The van der Waals surface area contributed by atoms with Gasteiger partial charge in [-0.1, -0.05) is 32.4 Å². The highest BCUT2D eigenvalue weighted by Crippen LogP contribution is 2.14. The number of phenols is 1. The fourth-order valence-corrected chi connectivity index (χ4v) is 4.29. The lowest BCUT2D eigenvalue weighted by Crippen LogP contribution is -2.59. The number of hydrogen-bond acceptors (Lipinski definition) is 7. The molecular weight excluding hydrogens is 492 g/mol. The van der Waals surface area contributed by atoms with Gasteiger partial charge >= 0.3 is 5.97 Å². The summed E-state index contributed by atoms with van der Waals surface area (Å²) in [6, 6.07) is 2.39. The summed E-state index contributed by atoms with van der Waals surface area (Å²) in [4.78, 5) is 58.2. The smallest absolute Gasteiger partial charge is 0.326 e. The largest absolute Gasteiger partial charge is 0.508 e.